The molecule has 1 aromatic rings. The maximum atomic E-state index is 13.1. The van der Waals surface area contributed by atoms with Crippen molar-refractivity contribution in [2.75, 3.05) is 24.2 Å². The molecule has 0 bridgehead atoms. The van der Waals surface area contributed by atoms with Crippen LogP contribution in [-0.4, -0.2) is 29.0 Å². The molecule has 1 aromatic heterocycles. The van der Waals surface area contributed by atoms with Crippen LogP contribution in [0, 0.1) is 5.92 Å². The summed E-state index contributed by atoms with van der Waals surface area (Å²) in [5.41, 5.74) is 5.62. The summed E-state index contributed by atoms with van der Waals surface area (Å²) in [4.78, 5) is 8.06. The van der Waals surface area contributed by atoms with Gasteiger partial charge in [-0.3, -0.25) is 0 Å². The standard InChI is InChI=1S/C16H23F2N4O2P/c1-2-3-8-20-14-13(9-21-15(19)22-14)23-10-11-6-4-5-7-12(11)24-16(17,18)25/h4-5,7,9,11H,2-3,6,8,10,25H2,1H3,(H3,19,20,21,22). The summed E-state index contributed by atoms with van der Waals surface area (Å²) in [6.07, 6.45) is 9.11. The summed E-state index contributed by atoms with van der Waals surface area (Å²) >= 11 is 0. The number of rotatable bonds is 9. The van der Waals surface area contributed by atoms with Crippen LogP contribution in [0.1, 0.15) is 26.2 Å². The number of anilines is 2. The molecule has 0 radical (unpaired) electrons. The first-order valence-electron chi connectivity index (χ1n) is 8.10. The SMILES string of the molecule is CCCCNc1nc(N)ncc1OCC1CC=CC=C1OC(F)(F)P. The number of nitrogens with one attached hydrogen (secondary N) is 1. The molecule has 0 saturated heterocycles. The van der Waals surface area contributed by atoms with Gasteiger partial charge in [0.25, 0.3) is 0 Å². The minimum absolute atomic E-state index is 0.138. The second-order valence-corrected chi connectivity index (χ2v) is 6.30. The number of nitrogens with zero attached hydrogens (tertiary/aromatic N) is 2. The fraction of sp³-hybridized carbons (Fsp3) is 0.500. The fourth-order valence-electron chi connectivity index (χ4n) is 2.27. The Bertz CT molecular complexity index is 635. The van der Waals surface area contributed by atoms with Gasteiger partial charge in [0, 0.05) is 6.54 Å². The molecule has 138 valence electrons. The van der Waals surface area contributed by atoms with Gasteiger partial charge in [0.15, 0.2) is 11.6 Å². The lowest BCUT2D eigenvalue weighted by Gasteiger charge is -2.25. The van der Waals surface area contributed by atoms with Crippen molar-refractivity contribution in [2.45, 2.75) is 32.0 Å². The third-order valence-electron chi connectivity index (χ3n) is 3.51. The number of ether oxygens (including phenoxy) is 2. The second kappa shape index (κ2) is 8.94. The highest BCUT2D eigenvalue weighted by Gasteiger charge is 2.29. The van der Waals surface area contributed by atoms with Gasteiger partial charge in [-0.2, -0.15) is 13.8 Å². The molecule has 0 fully saturated rings. The van der Waals surface area contributed by atoms with E-state index in [1.165, 1.54) is 21.5 Å². The molecule has 1 heterocycles. The Kier molecular flexibility index (Phi) is 6.93. The van der Waals surface area contributed by atoms with E-state index < -0.39 is 5.85 Å². The molecule has 0 saturated carbocycles. The van der Waals surface area contributed by atoms with Crippen molar-refractivity contribution < 1.29 is 18.3 Å². The van der Waals surface area contributed by atoms with Crippen LogP contribution in [0.2, 0.25) is 0 Å². The van der Waals surface area contributed by atoms with Gasteiger partial charge in [0.05, 0.1) is 18.7 Å². The predicted octanol–water partition coefficient (Wildman–Crippen LogP) is 3.55. The topological polar surface area (TPSA) is 82.3 Å². The number of unbranched alkanes of at least 4 members (excludes halogenated alkanes) is 1. The van der Waals surface area contributed by atoms with E-state index in [1.54, 1.807) is 6.08 Å². The molecular weight excluding hydrogens is 349 g/mol. The lowest BCUT2D eigenvalue weighted by Crippen LogP contribution is -2.22. The Morgan fingerprint density at radius 1 is 1.48 bits per heavy atom. The van der Waals surface area contributed by atoms with Gasteiger partial charge in [0.2, 0.25) is 5.95 Å². The number of hydrogen-bond donors (Lipinski definition) is 2. The first kappa shape index (κ1) is 19.4. The van der Waals surface area contributed by atoms with Gasteiger partial charge in [-0.1, -0.05) is 25.5 Å². The van der Waals surface area contributed by atoms with Gasteiger partial charge >= 0.3 is 5.85 Å². The maximum Gasteiger partial charge on any atom is 0.408 e. The monoisotopic (exact) mass is 372 g/mol. The van der Waals surface area contributed by atoms with Crippen molar-refractivity contribution in [2.24, 2.45) is 5.92 Å². The summed E-state index contributed by atoms with van der Waals surface area (Å²) in [5, 5.41) is 3.15. The fourth-order valence-corrected chi connectivity index (χ4v) is 2.41. The first-order valence-corrected chi connectivity index (χ1v) is 8.68. The molecule has 2 unspecified atom stereocenters. The molecule has 2 rings (SSSR count). The van der Waals surface area contributed by atoms with Crippen molar-refractivity contribution in [3.8, 4) is 5.75 Å². The summed E-state index contributed by atoms with van der Waals surface area (Å²) in [6, 6.07) is 0. The number of hydrogen-bond acceptors (Lipinski definition) is 6. The molecular formula is C16H23F2N4O2P. The van der Waals surface area contributed by atoms with Crippen molar-refractivity contribution in [1.82, 2.24) is 9.97 Å². The van der Waals surface area contributed by atoms with E-state index in [0.29, 0.717) is 18.0 Å². The van der Waals surface area contributed by atoms with E-state index in [-0.39, 0.29) is 24.2 Å². The maximum absolute atomic E-state index is 13.1. The quantitative estimate of drug-likeness (QED) is 0.510. The number of allylic oxidation sites excluding steroid dienone is 3. The molecule has 25 heavy (non-hydrogen) atoms. The number of aromatic nitrogens is 2. The zero-order valence-corrected chi connectivity index (χ0v) is 15.2. The van der Waals surface area contributed by atoms with E-state index in [9.17, 15) is 8.78 Å². The molecule has 1 aliphatic carbocycles. The molecule has 1 aliphatic rings. The van der Waals surface area contributed by atoms with Crippen LogP contribution < -0.4 is 15.8 Å². The highest BCUT2D eigenvalue weighted by molar-refractivity contribution is 7.17. The zero-order valence-electron chi connectivity index (χ0n) is 14.0. The number of halogens is 2. The Hall–Kier alpha value is -1.95. The van der Waals surface area contributed by atoms with Gasteiger partial charge in [-0.25, -0.2) is 4.98 Å². The van der Waals surface area contributed by atoms with Gasteiger partial charge in [-0.15, -0.1) is 0 Å². The smallest absolute Gasteiger partial charge is 0.408 e. The van der Waals surface area contributed by atoms with Crippen LogP contribution in [-0.2, 0) is 4.74 Å². The summed E-state index contributed by atoms with van der Waals surface area (Å²) in [6.45, 7) is 2.97. The van der Waals surface area contributed by atoms with Crippen LogP contribution in [0.5, 0.6) is 5.75 Å². The van der Waals surface area contributed by atoms with Crippen LogP contribution in [0.3, 0.4) is 0 Å². The molecule has 6 nitrogen and oxygen atoms in total. The lowest BCUT2D eigenvalue weighted by molar-refractivity contribution is -0.141. The van der Waals surface area contributed by atoms with E-state index in [2.05, 4.69) is 22.2 Å². The highest BCUT2D eigenvalue weighted by atomic mass is 31.0. The van der Waals surface area contributed by atoms with Gasteiger partial charge < -0.3 is 20.5 Å². The molecule has 0 spiro atoms. The average Bonchev–Trinajstić information content (AvgIpc) is 2.54. The zero-order chi connectivity index (χ0) is 18.3. The lowest BCUT2D eigenvalue weighted by atomic mass is 9.99. The number of alkyl halides is 2. The van der Waals surface area contributed by atoms with E-state index in [4.69, 9.17) is 15.2 Å². The highest BCUT2D eigenvalue weighted by Crippen LogP contribution is 2.33. The average molecular weight is 372 g/mol. The van der Waals surface area contributed by atoms with Crippen LogP contribution in [0.4, 0.5) is 20.5 Å². The largest absolute Gasteiger partial charge is 0.487 e. The molecule has 0 aromatic carbocycles. The van der Waals surface area contributed by atoms with E-state index >= 15 is 0 Å². The Labute approximate surface area is 148 Å². The van der Waals surface area contributed by atoms with Crippen molar-refractivity contribution in [3.05, 3.63) is 30.2 Å². The van der Waals surface area contributed by atoms with Crippen LogP contribution in [0.25, 0.3) is 0 Å². The summed E-state index contributed by atoms with van der Waals surface area (Å²) in [7, 11) is 1.37. The minimum Gasteiger partial charge on any atom is -0.487 e. The third-order valence-corrected chi connectivity index (χ3v) is 3.63. The molecule has 0 aliphatic heterocycles. The van der Waals surface area contributed by atoms with Gasteiger partial charge in [0.1, 0.15) is 5.76 Å². The van der Waals surface area contributed by atoms with Crippen molar-refractivity contribution in [1.29, 1.82) is 0 Å². The van der Waals surface area contributed by atoms with E-state index in [0.717, 1.165) is 19.4 Å². The summed E-state index contributed by atoms with van der Waals surface area (Å²) in [5.74, 6) is -2.39. The Balaban J connectivity index is 2.02. The Morgan fingerprint density at radius 3 is 3.00 bits per heavy atom. The minimum atomic E-state index is -3.31. The predicted molar refractivity (Wildman–Crippen MR) is 96.4 cm³/mol. The third kappa shape index (κ3) is 6.46. The van der Waals surface area contributed by atoms with Crippen LogP contribution >= 0.6 is 9.24 Å². The first-order chi connectivity index (χ1) is 11.9. The number of nitrogen functional groups attached to an aromatic ring is 1. The second-order valence-electron chi connectivity index (χ2n) is 5.63. The molecule has 3 N–H and O–H groups in total. The van der Waals surface area contributed by atoms with Crippen LogP contribution in [0.15, 0.2) is 30.2 Å². The Morgan fingerprint density at radius 2 is 2.28 bits per heavy atom. The normalized spacial score (nSPS) is 17.1. The summed E-state index contributed by atoms with van der Waals surface area (Å²) < 4.78 is 36.7. The van der Waals surface area contributed by atoms with Crippen molar-refractivity contribution >= 4 is 21.0 Å². The number of nitrogens with two attached hydrogens (primary N) is 1. The van der Waals surface area contributed by atoms with E-state index in [1.807, 2.05) is 6.08 Å². The molecule has 9 heteroatoms. The molecule has 0 amide bonds. The van der Waals surface area contributed by atoms with Gasteiger partial charge in [-0.05, 0) is 28.2 Å². The van der Waals surface area contributed by atoms with Crippen molar-refractivity contribution in [3.63, 3.8) is 0 Å². The molecule has 2 atom stereocenters.